The Bertz CT molecular complexity index is 471. The number of H-pyrrole nitrogens is 1. The number of carbonyl (C=O) groups is 1. The minimum absolute atomic E-state index is 0.123. The fraction of sp³-hybridized carbons (Fsp3) is 0.400. The van der Waals surface area contributed by atoms with Gasteiger partial charge >= 0.3 is 5.97 Å². The third-order valence-corrected chi connectivity index (χ3v) is 2.12. The summed E-state index contributed by atoms with van der Waals surface area (Å²) in [6.07, 6.45) is -2.10. The smallest absolute Gasteiger partial charge is 0.310 e. The Kier molecular flexibility index (Phi) is 4.19. The highest BCUT2D eigenvalue weighted by atomic mass is 19.3. The Morgan fingerprint density at radius 2 is 2.24 bits per heavy atom. The Balaban J connectivity index is 3.07. The van der Waals surface area contributed by atoms with E-state index in [1.807, 2.05) is 0 Å². The lowest BCUT2D eigenvalue weighted by Crippen LogP contribution is -2.19. The monoisotopic (exact) mass is 246 g/mol. The summed E-state index contributed by atoms with van der Waals surface area (Å²) in [5, 5.41) is 0. The molecule has 0 aromatic carbocycles. The number of anilines is 1. The van der Waals surface area contributed by atoms with Crippen molar-refractivity contribution in [1.29, 1.82) is 0 Å². The number of pyridine rings is 1. The number of rotatable bonds is 4. The molecule has 5 nitrogen and oxygen atoms in total. The van der Waals surface area contributed by atoms with Gasteiger partial charge in [-0.1, -0.05) is 0 Å². The highest BCUT2D eigenvalue weighted by Gasteiger charge is 2.20. The van der Waals surface area contributed by atoms with Crippen molar-refractivity contribution in [2.45, 2.75) is 19.8 Å². The molecule has 0 bridgehead atoms. The van der Waals surface area contributed by atoms with Gasteiger partial charge in [0.05, 0.1) is 18.7 Å². The van der Waals surface area contributed by atoms with Gasteiger partial charge < -0.3 is 15.5 Å². The molecular weight excluding hydrogens is 234 g/mol. The summed E-state index contributed by atoms with van der Waals surface area (Å²) in [6.45, 7) is 1.81. The van der Waals surface area contributed by atoms with Gasteiger partial charge in [0.25, 0.3) is 12.0 Å². The van der Waals surface area contributed by atoms with Crippen molar-refractivity contribution in [2.75, 3.05) is 12.3 Å². The Labute approximate surface area is 95.6 Å². The number of alkyl halides is 2. The summed E-state index contributed by atoms with van der Waals surface area (Å²) < 4.78 is 29.7. The van der Waals surface area contributed by atoms with E-state index >= 15 is 0 Å². The molecule has 0 unspecified atom stereocenters. The molecule has 3 N–H and O–H groups in total. The molecule has 0 spiro atoms. The van der Waals surface area contributed by atoms with E-state index in [0.29, 0.717) is 0 Å². The normalized spacial score (nSPS) is 10.6. The van der Waals surface area contributed by atoms with Crippen LogP contribution in [-0.2, 0) is 16.0 Å². The topological polar surface area (TPSA) is 85.2 Å². The fourth-order valence-electron chi connectivity index (χ4n) is 1.33. The molecule has 0 saturated carbocycles. The van der Waals surface area contributed by atoms with Crippen LogP contribution in [0.3, 0.4) is 0 Å². The zero-order valence-corrected chi connectivity index (χ0v) is 9.13. The molecule has 0 radical (unpaired) electrons. The molecule has 1 rings (SSSR count). The van der Waals surface area contributed by atoms with Gasteiger partial charge in [0.1, 0.15) is 5.56 Å². The van der Waals surface area contributed by atoms with E-state index in [1.165, 1.54) is 0 Å². The number of nitrogen functional groups attached to an aromatic ring is 1. The third kappa shape index (κ3) is 3.02. The first-order valence-electron chi connectivity index (χ1n) is 4.91. The van der Waals surface area contributed by atoms with Crippen LogP contribution in [0.25, 0.3) is 0 Å². The largest absolute Gasteiger partial charge is 0.466 e. The molecule has 1 aromatic heterocycles. The molecule has 1 heterocycles. The van der Waals surface area contributed by atoms with Crippen molar-refractivity contribution >= 4 is 11.7 Å². The standard InChI is InChI=1S/C10H12F2N2O3/c1-2-17-6(15)3-5-4-14-10(16)7(8(5)13)9(11)12/h4,9H,2-3H2,1H3,(H3,13,14,16). The summed E-state index contributed by atoms with van der Waals surface area (Å²) >= 11 is 0. The number of aromatic amines is 1. The molecule has 1 aromatic rings. The first-order chi connectivity index (χ1) is 7.97. The maximum absolute atomic E-state index is 12.5. The second-order valence-corrected chi connectivity index (χ2v) is 3.25. The van der Waals surface area contributed by atoms with Gasteiger partial charge in [0.15, 0.2) is 0 Å². The fourth-order valence-corrected chi connectivity index (χ4v) is 1.33. The number of nitrogens with two attached hydrogens (primary N) is 1. The van der Waals surface area contributed by atoms with E-state index < -0.39 is 23.5 Å². The second-order valence-electron chi connectivity index (χ2n) is 3.25. The van der Waals surface area contributed by atoms with Crippen molar-refractivity contribution in [3.63, 3.8) is 0 Å². The van der Waals surface area contributed by atoms with Gasteiger partial charge in [-0.25, -0.2) is 8.78 Å². The molecule has 17 heavy (non-hydrogen) atoms. The van der Waals surface area contributed by atoms with Crippen LogP contribution in [0.4, 0.5) is 14.5 Å². The number of hydrogen-bond donors (Lipinski definition) is 2. The van der Waals surface area contributed by atoms with Crippen LogP contribution in [0.15, 0.2) is 11.0 Å². The minimum Gasteiger partial charge on any atom is -0.466 e. The number of aromatic nitrogens is 1. The molecule has 0 fully saturated rings. The molecule has 0 amide bonds. The van der Waals surface area contributed by atoms with E-state index in [9.17, 15) is 18.4 Å². The molecular formula is C10H12F2N2O3. The lowest BCUT2D eigenvalue weighted by atomic mass is 10.1. The van der Waals surface area contributed by atoms with Crippen LogP contribution in [0.5, 0.6) is 0 Å². The summed E-state index contributed by atoms with van der Waals surface area (Å²) in [4.78, 5) is 24.4. The number of esters is 1. The molecule has 0 aliphatic heterocycles. The van der Waals surface area contributed by atoms with Gasteiger partial charge in [-0.3, -0.25) is 9.59 Å². The summed E-state index contributed by atoms with van der Waals surface area (Å²) in [5.74, 6) is -0.591. The van der Waals surface area contributed by atoms with Crippen LogP contribution >= 0.6 is 0 Å². The van der Waals surface area contributed by atoms with Crippen LogP contribution in [-0.4, -0.2) is 17.6 Å². The second kappa shape index (κ2) is 5.42. The quantitative estimate of drug-likeness (QED) is 0.776. The van der Waals surface area contributed by atoms with E-state index in [4.69, 9.17) is 5.73 Å². The van der Waals surface area contributed by atoms with Crippen molar-refractivity contribution in [3.05, 3.63) is 27.7 Å². The van der Waals surface area contributed by atoms with Crippen molar-refractivity contribution in [1.82, 2.24) is 4.98 Å². The van der Waals surface area contributed by atoms with Crippen LogP contribution in [0, 0.1) is 0 Å². The highest BCUT2D eigenvalue weighted by Crippen LogP contribution is 2.23. The van der Waals surface area contributed by atoms with Crippen molar-refractivity contribution in [3.8, 4) is 0 Å². The first-order valence-corrected chi connectivity index (χ1v) is 4.91. The molecule has 0 saturated heterocycles. The van der Waals surface area contributed by atoms with Gasteiger partial charge in [0.2, 0.25) is 0 Å². The van der Waals surface area contributed by atoms with E-state index in [1.54, 1.807) is 6.92 Å². The molecule has 0 aliphatic carbocycles. The zero-order valence-electron chi connectivity index (χ0n) is 9.13. The van der Waals surface area contributed by atoms with Crippen LogP contribution in [0.2, 0.25) is 0 Å². The molecule has 94 valence electrons. The number of hydrogen-bond acceptors (Lipinski definition) is 4. The minimum atomic E-state index is -2.99. The van der Waals surface area contributed by atoms with Gasteiger partial charge in [-0.2, -0.15) is 0 Å². The summed E-state index contributed by atoms with van der Waals surface area (Å²) in [5.41, 5.74) is 3.41. The summed E-state index contributed by atoms with van der Waals surface area (Å²) in [7, 11) is 0. The lowest BCUT2D eigenvalue weighted by Gasteiger charge is -2.09. The van der Waals surface area contributed by atoms with Gasteiger partial charge in [-0.05, 0) is 6.92 Å². The van der Waals surface area contributed by atoms with E-state index in [-0.39, 0.29) is 24.3 Å². The lowest BCUT2D eigenvalue weighted by molar-refractivity contribution is -0.142. The molecule has 0 aliphatic rings. The third-order valence-electron chi connectivity index (χ3n) is 2.12. The van der Waals surface area contributed by atoms with Gasteiger partial charge in [-0.15, -0.1) is 0 Å². The number of ether oxygens (including phenoxy) is 1. The van der Waals surface area contributed by atoms with Crippen molar-refractivity contribution < 1.29 is 18.3 Å². The Morgan fingerprint density at radius 3 is 2.76 bits per heavy atom. The SMILES string of the molecule is CCOC(=O)Cc1c[nH]c(=O)c(C(F)F)c1N. The Morgan fingerprint density at radius 1 is 1.59 bits per heavy atom. The van der Waals surface area contributed by atoms with Crippen LogP contribution < -0.4 is 11.3 Å². The maximum atomic E-state index is 12.5. The van der Waals surface area contributed by atoms with E-state index in [2.05, 4.69) is 9.72 Å². The molecule has 0 atom stereocenters. The van der Waals surface area contributed by atoms with Crippen LogP contribution in [0.1, 0.15) is 24.5 Å². The number of carbonyl (C=O) groups excluding carboxylic acids is 1. The highest BCUT2D eigenvalue weighted by molar-refractivity contribution is 5.75. The average molecular weight is 246 g/mol. The maximum Gasteiger partial charge on any atom is 0.310 e. The predicted molar refractivity (Wildman–Crippen MR) is 56.8 cm³/mol. The van der Waals surface area contributed by atoms with Crippen molar-refractivity contribution in [2.24, 2.45) is 0 Å². The van der Waals surface area contributed by atoms with E-state index in [0.717, 1.165) is 6.20 Å². The predicted octanol–water partition coefficient (Wildman–Crippen LogP) is 1.00. The number of halogens is 2. The van der Waals surface area contributed by atoms with Gasteiger partial charge in [0, 0.05) is 11.8 Å². The average Bonchev–Trinajstić information content (AvgIpc) is 2.22. The number of nitrogens with one attached hydrogen (secondary N) is 1. The summed E-state index contributed by atoms with van der Waals surface area (Å²) in [6, 6.07) is 0. The Hall–Kier alpha value is -1.92. The zero-order chi connectivity index (χ0) is 13.0. The molecule has 7 heteroatoms. The first kappa shape index (κ1) is 13.1.